The largest absolute Gasteiger partial charge is 0.370 e. The quantitative estimate of drug-likeness (QED) is 0.492. The first kappa shape index (κ1) is 12.5. The Balaban J connectivity index is 0. The van der Waals surface area contributed by atoms with Gasteiger partial charge in [0.05, 0.1) is 6.61 Å². The predicted molar refractivity (Wildman–Crippen MR) is 39.8 cm³/mol. The van der Waals surface area contributed by atoms with Crippen LogP contribution in [0.2, 0.25) is 0 Å². The Morgan fingerprint density at radius 2 is 2.10 bits per heavy atom. The number of rotatable bonds is 2. The SMILES string of the molecule is CC(N)=O.CCOP(N)O. The van der Waals surface area contributed by atoms with E-state index < -0.39 is 8.53 Å². The van der Waals surface area contributed by atoms with Crippen LogP contribution < -0.4 is 11.2 Å². The molecule has 0 fully saturated rings. The van der Waals surface area contributed by atoms with Gasteiger partial charge in [-0.25, -0.2) is 0 Å². The zero-order valence-electron chi connectivity index (χ0n) is 6.07. The number of hydrogen-bond donors (Lipinski definition) is 3. The topological polar surface area (TPSA) is 98.6 Å². The van der Waals surface area contributed by atoms with E-state index in [1.165, 1.54) is 6.92 Å². The molecule has 1 amide bonds. The van der Waals surface area contributed by atoms with E-state index >= 15 is 0 Å². The minimum absolute atomic E-state index is 0.333. The van der Waals surface area contributed by atoms with Crippen molar-refractivity contribution in [3.8, 4) is 0 Å². The van der Waals surface area contributed by atoms with Gasteiger partial charge in [0.1, 0.15) is 0 Å². The van der Waals surface area contributed by atoms with Crippen LogP contribution in [0.4, 0.5) is 0 Å². The lowest BCUT2D eigenvalue weighted by Crippen LogP contribution is -2.01. The van der Waals surface area contributed by atoms with Crippen LogP contribution in [0.3, 0.4) is 0 Å². The summed E-state index contributed by atoms with van der Waals surface area (Å²) in [6, 6.07) is 0. The Morgan fingerprint density at radius 1 is 1.80 bits per heavy atom. The van der Waals surface area contributed by atoms with E-state index in [4.69, 9.17) is 10.4 Å². The van der Waals surface area contributed by atoms with Crippen LogP contribution in [0.15, 0.2) is 0 Å². The summed E-state index contributed by atoms with van der Waals surface area (Å²) in [5.41, 5.74) is 9.27. The molecule has 5 N–H and O–H groups in total. The lowest BCUT2D eigenvalue weighted by atomic mass is 10.8. The maximum atomic E-state index is 9.22. The summed E-state index contributed by atoms with van der Waals surface area (Å²) in [5, 5.41) is 0. The minimum atomic E-state index is -1.60. The standard InChI is InChI=1S/C2H8NO2P.C2H5NO/c1-2-5-6(3)4;1-2(3)4/h4H,2-3H2,1H3;1H3,(H2,3,4). The van der Waals surface area contributed by atoms with Crippen molar-refractivity contribution < 1.29 is 14.2 Å². The third-order valence-corrected chi connectivity index (χ3v) is 0.784. The zero-order chi connectivity index (χ0) is 8.57. The Bertz CT molecular complexity index is 84.6. The predicted octanol–water partition coefficient (Wildman–Crippen LogP) is -0.308. The maximum Gasteiger partial charge on any atom is 0.250 e. The third-order valence-electron chi connectivity index (χ3n) is 0.261. The highest BCUT2D eigenvalue weighted by molar-refractivity contribution is 7.43. The first-order valence-electron chi connectivity index (χ1n) is 2.63. The lowest BCUT2D eigenvalue weighted by Gasteiger charge is -1.97. The van der Waals surface area contributed by atoms with Gasteiger partial charge in [-0.3, -0.25) is 10.3 Å². The fourth-order valence-corrected chi connectivity index (χ4v) is 0.397. The molecule has 1 atom stereocenters. The smallest absolute Gasteiger partial charge is 0.250 e. The van der Waals surface area contributed by atoms with Crippen LogP contribution in [-0.4, -0.2) is 17.4 Å². The van der Waals surface area contributed by atoms with E-state index in [9.17, 15) is 4.79 Å². The van der Waals surface area contributed by atoms with Crippen LogP contribution in [0, 0.1) is 0 Å². The van der Waals surface area contributed by atoms with Crippen molar-refractivity contribution in [2.45, 2.75) is 13.8 Å². The fraction of sp³-hybridized carbons (Fsp3) is 0.750. The van der Waals surface area contributed by atoms with E-state index in [-0.39, 0.29) is 5.91 Å². The summed E-state index contributed by atoms with van der Waals surface area (Å²) in [4.78, 5) is 17.4. The summed E-state index contributed by atoms with van der Waals surface area (Å²) in [5.74, 6) is -0.333. The average molecular weight is 168 g/mol. The molecule has 10 heavy (non-hydrogen) atoms. The molecule has 5 nitrogen and oxygen atoms in total. The van der Waals surface area contributed by atoms with Crippen LogP contribution in [0.1, 0.15) is 13.8 Å². The molecule has 0 aromatic carbocycles. The summed E-state index contributed by atoms with van der Waals surface area (Å²) < 4.78 is 4.44. The van der Waals surface area contributed by atoms with Crippen molar-refractivity contribution in [3.63, 3.8) is 0 Å². The van der Waals surface area contributed by atoms with Gasteiger partial charge in [-0.05, 0) is 6.92 Å². The van der Waals surface area contributed by atoms with Gasteiger partial charge in [-0.2, -0.15) is 0 Å². The van der Waals surface area contributed by atoms with Crippen molar-refractivity contribution in [1.82, 2.24) is 0 Å². The molecule has 0 spiro atoms. The van der Waals surface area contributed by atoms with Gasteiger partial charge in [0.15, 0.2) is 0 Å². The van der Waals surface area contributed by atoms with E-state index in [1.807, 2.05) is 0 Å². The summed E-state index contributed by atoms with van der Waals surface area (Å²) in [7, 11) is -1.60. The van der Waals surface area contributed by atoms with Gasteiger partial charge >= 0.3 is 0 Å². The van der Waals surface area contributed by atoms with E-state index in [2.05, 4.69) is 10.3 Å². The molecule has 0 saturated heterocycles. The highest BCUT2D eigenvalue weighted by Crippen LogP contribution is 2.17. The van der Waals surface area contributed by atoms with Crippen LogP contribution in [0.5, 0.6) is 0 Å². The number of primary amides is 1. The fourth-order valence-electron chi connectivity index (χ4n) is 0.132. The molecule has 0 saturated carbocycles. The average Bonchev–Trinajstić information content (AvgIpc) is 1.62. The van der Waals surface area contributed by atoms with Gasteiger partial charge in [0.2, 0.25) is 14.4 Å². The Labute approximate surface area is 61.3 Å². The van der Waals surface area contributed by atoms with Crippen LogP contribution in [-0.2, 0) is 9.32 Å². The molecule has 0 aliphatic rings. The Hall–Kier alpha value is -0.220. The Kier molecular flexibility index (Phi) is 10.9. The van der Waals surface area contributed by atoms with Crippen molar-refractivity contribution in [2.75, 3.05) is 6.61 Å². The Morgan fingerprint density at radius 3 is 2.10 bits per heavy atom. The van der Waals surface area contributed by atoms with E-state index in [0.717, 1.165) is 0 Å². The lowest BCUT2D eigenvalue weighted by molar-refractivity contribution is -0.115. The summed E-state index contributed by atoms with van der Waals surface area (Å²) in [6.45, 7) is 3.57. The molecule has 6 heteroatoms. The molecule has 0 aromatic rings. The van der Waals surface area contributed by atoms with Crippen molar-refractivity contribution in [3.05, 3.63) is 0 Å². The van der Waals surface area contributed by atoms with Gasteiger partial charge in [0.25, 0.3) is 0 Å². The molecule has 0 aliphatic heterocycles. The normalized spacial score (nSPS) is 11.2. The minimum Gasteiger partial charge on any atom is -0.370 e. The zero-order valence-corrected chi connectivity index (χ0v) is 6.97. The van der Waals surface area contributed by atoms with E-state index in [1.54, 1.807) is 6.92 Å². The number of carbonyl (C=O) groups excluding carboxylic acids is 1. The monoisotopic (exact) mass is 168 g/mol. The van der Waals surface area contributed by atoms with Gasteiger partial charge in [-0.15, -0.1) is 0 Å². The molecule has 0 radical (unpaired) electrons. The first-order valence-corrected chi connectivity index (χ1v) is 3.91. The first-order chi connectivity index (χ1) is 4.50. The molecule has 0 heterocycles. The van der Waals surface area contributed by atoms with Crippen LogP contribution in [0.25, 0.3) is 0 Å². The summed E-state index contributed by atoms with van der Waals surface area (Å²) >= 11 is 0. The van der Waals surface area contributed by atoms with Gasteiger partial charge in [0, 0.05) is 6.92 Å². The highest BCUT2D eigenvalue weighted by atomic mass is 31.2. The second-order valence-electron chi connectivity index (χ2n) is 1.33. The second-order valence-corrected chi connectivity index (χ2v) is 2.19. The maximum absolute atomic E-state index is 9.22. The molecule has 0 aromatic heterocycles. The number of amides is 1. The summed E-state index contributed by atoms with van der Waals surface area (Å²) in [6.07, 6.45) is 0. The molecule has 62 valence electrons. The molecule has 1 unspecified atom stereocenters. The molecular weight excluding hydrogens is 155 g/mol. The molecular formula is C4H13N2O3P. The highest BCUT2D eigenvalue weighted by Gasteiger charge is 1.87. The second kappa shape index (κ2) is 8.78. The molecule has 0 aliphatic carbocycles. The van der Waals surface area contributed by atoms with Crippen molar-refractivity contribution >= 4 is 14.4 Å². The molecule has 0 bridgehead atoms. The van der Waals surface area contributed by atoms with Crippen molar-refractivity contribution in [2.24, 2.45) is 11.2 Å². The van der Waals surface area contributed by atoms with Gasteiger partial charge in [-0.1, -0.05) is 0 Å². The third kappa shape index (κ3) is 46.3. The number of hydrogen-bond acceptors (Lipinski definition) is 4. The van der Waals surface area contributed by atoms with Crippen LogP contribution >= 0.6 is 8.53 Å². The molecule has 0 rings (SSSR count). The number of nitrogens with two attached hydrogens (primary N) is 2. The number of carbonyl (C=O) groups is 1. The van der Waals surface area contributed by atoms with Crippen molar-refractivity contribution in [1.29, 1.82) is 0 Å². The van der Waals surface area contributed by atoms with E-state index in [0.29, 0.717) is 6.61 Å². The van der Waals surface area contributed by atoms with Gasteiger partial charge < -0.3 is 15.2 Å².